The van der Waals surface area contributed by atoms with Gasteiger partial charge in [0.2, 0.25) is 15.8 Å². The Hall–Kier alpha value is -1.90. The van der Waals surface area contributed by atoms with E-state index in [-0.39, 0.29) is 46.9 Å². The van der Waals surface area contributed by atoms with Crippen LogP contribution in [0.2, 0.25) is 0 Å². The molecule has 1 fully saturated rings. The van der Waals surface area contributed by atoms with Crippen molar-refractivity contribution in [1.82, 2.24) is 14.6 Å². The molecular weight excluding hydrogens is 572 g/mol. The molecule has 1 aromatic carbocycles. The molecule has 2 aromatic rings. The summed E-state index contributed by atoms with van der Waals surface area (Å²) in [5.74, 6) is -2.64. The number of hydrogen-bond donors (Lipinski definition) is 4. The van der Waals surface area contributed by atoms with Crippen LogP contribution in [0, 0.1) is 17.6 Å². The van der Waals surface area contributed by atoms with E-state index in [2.05, 4.69) is 20.3 Å². The average Bonchev–Trinajstić information content (AvgIpc) is 3.14. The molecule has 1 heterocycles. The molecular formula is C25H38ClF2N5O4S2. The van der Waals surface area contributed by atoms with Crippen molar-refractivity contribution in [1.29, 1.82) is 0 Å². The summed E-state index contributed by atoms with van der Waals surface area (Å²) in [4.78, 5) is 19.4. The van der Waals surface area contributed by atoms with Gasteiger partial charge in [-0.25, -0.2) is 26.9 Å². The lowest BCUT2D eigenvalue weighted by molar-refractivity contribution is 0.103. The van der Waals surface area contributed by atoms with Crippen LogP contribution < -0.4 is 15.4 Å². The number of benzene rings is 1. The molecule has 0 bridgehead atoms. The lowest BCUT2D eigenvalue weighted by Crippen LogP contribution is -2.41. The number of nitrogens with one attached hydrogen (secondary N) is 3. The molecule has 1 saturated carbocycles. The monoisotopic (exact) mass is 609 g/mol. The van der Waals surface area contributed by atoms with Crippen LogP contribution in [0.3, 0.4) is 0 Å². The lowest BCUT2D eigenvalue weighted by atomic mass is 9.92. The molecule has 0 radical (unpaired) electrons. The molecule has 9 nitrogen and oxygen atoms in total. The van der Waals surface area contributed by atoms with Crippen LogP contribution in [0.25, 0.3) is 0 Å². The largest absolute Gasteiger partial charge is 0.374 e. The van der Waals surface area contributed by atoms with Crippen LogP contribution >= 0.6 is 23.7 Å². The number of carbonyl (C=O) groups excluding carboxylic acids is 1. The second-order valence-corrected chi connectivity index (χ2v) is 13.3. The summed E-state index contributed by atoms with van der Waals surface area (Å²) >= 11 is 0.950. The maximum atomic E-state index is 14.9. The molecule has 4 N–H and O–H groups in total. The van der Waals surface area contributed by atoms with Gasteiger partial charge in [-0.3, -0.25) is 4.79 Å². The predicted octanol–water partition coefficient (Wildman–Crippen LogP) is 4.18. The Morgan fingerprint density at radius 3 is 2.21 bits per heavy atom. The molecule has 39 heavy (non-hydrogen) atoms. The van der Waals surface area contributed by atoms with Gasteiger partial charge in [0.25, 0.3) is 0 Å². The topological polar surface area (TPSA) is 124 Å². The smallest absolute Gasteiger partial charge is 0.212 e. The molecule has 0 amide bonds. The third-order valence-electron chi connectivity index (χ3n) is 5.96. The minimum Gasteiger partial charge on any atom is -0.374 e. The van der Waals surface area contributed by atoms with E-state index in [1.54, 1.807) is 19.0 Å². The van der Waals surface area contributed by atoms with Gasteiger partial charge in [0.05, 0.1) is 11.3 Å². The van der Waals surface area contributed by atoms with Crippen LogP contribution in [0.4, 0.5) is 19.7 Å². The fourth-order valence-electron chi connectivity index (χ4n) is 4.52. The second kappa shape index (κ2) is 14.1. The van der Waals surface area contributed by atoms with Crippen molar-refractivity contribution in [3.8, 4) is 0 Å². The minimum atomic E-state index is -3.34. The van der Waals surface area contributed by atoms with Crippen molar-refractivity contribution in [3.63, 3.8) is 0 Å². The molecule has 0 spiro atoms. The number of aromatic nitrogens is 1. The fraction of sp³-hybridized carbons (Fsp3) is 0.600. The molecule has 0 saturated heterocycles. The summed E-state index contributed by atoms with van der Waals surface area (Å²) in [6.45, 7) is 5.47. The highest BCUT2D eigenvalue weighted by molar-refractivity contribution is 7.89. The summed E-state index contributed by atoms with van der Waals surface area (Å²) in [5.41, 5.74) is -0.275. The van der Waals surface area contributed by atoms with E-state index in [0.29, 0.717) is 42.9 Å². The predicted molar refractivity (Wildman–Crippen MR) is 153 cm³/mol. The first-order chi connectivity index (χ1) is 17.7. The first-order valence-electron chi connectivity index (χ1n) is 12.6. The number of rotatable bonds is 12. The van der Waals surface area contributed by atoms with Crippen molar-refractivity contribution >= 4 is 50.5 Å². The van der Waals surface area contributed by atoms with Crippen LogP contribution in [0.5, 0.6) is 0 Å². The molecule has 1 unspecified atom stereocenters. The maximum Gasteiger partial charge on any atom is 0.212 e. The highest BCUT2D eigenvalue weighted by Gasteiger charge is 2.29. The van der Waals surface area contributed by atoms with Gasteiger partial charge in [0, 0.05) is 18.6 Å². The summed E-state index contributed by atoms with van der Waals surface area (Å²) in [5, 5.41) is 16.1. The highest BCUT2D eigenvalue weighted by Crippen LogP contribution is 2.33. The van der Waals surface area contributed by atoms with E-state index < -0.39 is 39.2 Å². The number of sulfonamides is 1. The van der Waals surface area contributed by atoms with E-state index >= 15 is 0 Å². The zero-order valence-electron chi connectivity index (χ0n) is 22.8. The number of anilines is 2. The number of aliphatic hydroxyl groups is 1. The molecule has 3 rings (SSSR count). The molecule has 1 aliphatic rings. The average molecular weight is 610 g/mol. The molecule has 1 aromatic heterocycles. The number of carbonyl (C=O) groups is 1. The first-order valence-corrected chi connectivity index (χ1v) is 15.1. The first kappa shape index (κ1) is 33.3. The van der Waals surface area contributed by atoms with E-state index in [9.17, 15) is 27.1 Å². The lowest BCUT2D eigenvalue weighted by Gasteiger charge is -2.29. The van der Waals surface area contributed by atoms with Crippen molar-refractivity contribution < 1.29 is 27.1 Å². The third kappa shape index (κ3) is 9.61. The van der Waals surface area contributed by atoms with Crippen LogP contribution in [0.1, 0.15) is 67.3 Å². The highest BCUT2D eigenvalue weighted by atomic mass is 35.5. The van der Waals surface area contributed by atoms with Gasteiger partial charge in [-0.1, -0.05) is 25.2 Å². The Balaban J connectivity index is 0.00000533. The van der Waals surface area contributed by atoms with Crippen LogP contribution in [-0.2, 0) is 16.6 Å². The minimum absolute atomic E-state index is 0. The SMILES string of the molecule is CC(C)CS(=O)(=O)NC1CCC(Nc2nc(NC(C)O)c(C(=O)c3c(F)cc(CN(C)C)cc3F)s2)CC1.Cl. The van der Waals surface area contributed by atoms with Gasteiger partial charge in [-0.05, 0) is 70.3 Å². The second-order valence-electron chi connectivity index (χ2n) is 10.5. The molecule has 1 atom stereocenters. The van der Waals surface area contributed by atoms with Crippen LogP contribution in [-0.4, -0.2) is 67.4 Å². The van der Waals surface area contributed by atoms with Gasteiger partial charge in [-0.15, -0.1) is 12.4 Å². The van der Waals surface area contributed by atoms with Crippen molar-refractivity contribution in [2.75, 3.05) is 30.5 Å². The zero-order chi connectivity index (χ0) is 28.2. The van der Waals surface area contributed by atoms with Gasteiger partial charge in [0.15, 0.2) is 10.9 Å². The van der Waals surface area contributed by atoms with E-state index in [4.69, 9.17) is 0 Å². The van der Waals surface area contributed by atoms with Crippen molar-refractivity contribution in [3.05, 3.63) is 39.8 Å². The summed E-state index contributed by atoms with van der Waals surface area (Å²) in [6, 6.07) is 2.13. The Labute approximate surface area is 239 Å². The number of nitrogens with zero attached hydrogens (tertiary/aromatic N) is 2. The van der Waals surface area contributed by atoms with Gasteiger partial charge in [-0.2, -0.15) is 0 Å². The van der Waals surface area contributed by atoms with Crippen molar-refractivity contribution in [2.45, 2.75) is 71.3 Å². The Morgan fingerprint density at radius 1 is 1.13 bits per heavy atom. The summed E-state index contributed by atoms with van der Waals surface area (Å²) < 4.78 is 57.0. The molecule has 1 aliphatic carbocycles. The number of hydrogen-bond acceptors (Lipinski definition) is 9. The number of ketones is 1. The third-order valence-corrected chi connectivity index (χ3v) is 8.74. The fourth-order valence-corrected chi connectivity index (χ4v) is 7.18. The van der Waals surface area contributed by atoms with Gasteiger partial charge >= 0.3 is 0 Å². The quantitative estimate of drug-likeness (QED) is 0.209. The van der Waals surface area contributed by atoms with Crippen LogP contribution in [0.15, 0.2) is 12.1 Å². The van der Waals surface area contributed by atoms with E-state index in [1.807, 2.05) is 13.8 Å². The van der Waals surface area contributed by atoms with E-state index in [0.717, 1.165) is 23.5 Å². The molecule has 0 aliphatic heterocycles. The number of aliphatic hydroxyl groups excluding tert-OH is 1. The normalized spacial score (nSPS) is 18.6. The molecule has 14 heteroatoms. The summed E-state index contributed by atoms with van der Waals surface area (Å²) in [6.07, 6.45) is 1.57. The van der Waals surface area contributed by atoms with Gasteiger partial charge in [0.1, 0.15) is 22.7 Å². The Morgan fingerprint density at radius 2 is 1.69 bits per heavy atom. The molecule has 220 valence electrons. The standard InChI is InChI=1S/C25H37F2N5O4S2.ClH/c1-14(2)13-38(35,36)31-18-8-6-17(7-9-18)29-25-30-24(28-15(3)33)23(37-25)22(34)21-19(26)10-16(11-20(21)27)12-32(4)5;/h10-11,14-15,17-18,28,31,33H,6-9,12-13H2,1-5H3,(H,29,30);1H. The van der Waals surface area contributed by atoms with Crippen molar-refractivity contribution in [2.24, 2.45) is 5.92 Å². The Bertz CT molecular complexity index is 1210. The Kier molecular flexibility index (Phi) is 12.1. The summed E-state index contributed by atoms with van der Waals surface area (Å²) in [7, 11) is 0.204. The number of thiazole rings is 1. The van der Waals surface area contributed by atoms with Gasteiger partial charge < -0.3 is 20.6 Å². The zero-order valence-corrected chi connectivity index (χ0v) is 25.2. The number of halogens is 3. The maximum absolute atomic E-state index is 14.9. The van der Waals surface area contributed by atoms with E-state index in [1.165, 1.54) is 6.92 Å².